The lowest BCUT2D eigenvalue weighted by molar-refractivity contribution is 0.122. The molecule has 0 saturated carbocycles. The fourth-order valence-electron chi connectivity index (χ4n) is 3.68. The van der Waals surface area contributed by atoms with Crippen LogP contribution in [0.5, 0.6) is 0 Å². The van der Waals surface area contributed by atoms with E-state index in [2.05, 4.69) is 4.90 Å². The number of hydrogen-bond acceptors (Lipinski definition) is 7. The molecular weight excluding hydrogens is 404 g/mol. The topological polar surface area (TPSA) is 95.9 Å². The van der Waals surface area contributed by atoms with Crippen molar-refractivity contribution in [1.29, 1.82) is 0 Å². The molecule has 0 bridgehead atoms. The fraction of sp³-hybridized carbons (Fsp3) is 0.429. The minimum Gasteiger partial charge on any atom is -0.392 e. The smallest absolute Gasteiger partial charge is 0.211 e. The third-order valence-corrected chi connectivity index (χ3v) is 6.66. The maximum atomic E-state index is 11.8. The van der Waals surface area contributed by atoms with Gasteiger partial charge in [-0.05, 0) is 23.6 Å². The molecule has 0 unspecified atom stereocenters. The Bertz CT molecular complexity index is 1050. The van der Waals surface area contributed by atoms with Gasteiger partial charge in [-0.25, -0.2) is 18.4 Å². The number of ether oxygens (including phenoxy) is 1. The first-order valence-electron chi connectivity index (χ1n) is 10.0. The van der Waals surface area contributed by atoms with Gasteiger partial charge in [-0.15, -0.1) is 0 Å². The van der Waals surface area contributed by atoms with Crippen molar-refractivity contribution in [2.75, 3.05) is 50.5 Å². The second-order valence-electron chi connectivity index (χ2n) is 7.49. The summed E-state index contributed by atoms with van der Waals surface area (Å²) in [6.45, 7) is 3.57. The number of benzene rings is 1. The molecule has 30 heavy (non-hydrogen) atoms. The highest BCUT2D eigenvalue weighted by molar-refractivity contribution is 7.88. The van der Waals surface area contributed by atoms with Crippen LogP contribution in [0.2, 0.25) is 0 Å². The summed E-state index contributed by atoms with van der Waals surface area (Å²) in [6.07, 6.45) is 3.77. The van der Waals surface area contributed by atoms with Crippen LogP contribution in [0, 0.1) is 0 Å². The Labute approximate surface area is 176 Å². The van der Waals surface area contributed by atoms with E-state index >= 15 is 0 Å². The van der Waals surface area contributed by atoms with Crippen LogP contribution in [-0.4, -0.2) is 73.4 Å². The number of nitrogens with zero attached hydrogens (tertiary/aromatic N) is 4. The largest absolute Gasteiger partial charge is 0.392 e. The van der Waals surface area contributed by atoms with Crippen LogP contribution in [0.15, 0.2) is 36.4 Å². The van der Waals surface area contributed by atoms with E-state index in [0.29, 0.717) is 38.5 Å². The van der Waals surface area contributed by atoms with Gasteiger partial charge in [-0.1, -0.05) is 24.3 Å². The van der Waals surface area contributed by atoms with E-state index in [1.54, 1.807) is 0 Å². The fourth-order valence-corrected chi connectivity index (χ4v) is 4.44. The first kappa shape index (κ1) is 20.9. The van der Waals surface area contributed by atoms with Crippen LogP contribution in [0.4, 0.5) is 5.82 Å². The van der Waals surface area contributed by atoms with Gasteiger partial charge in [-0.2, -0.15) is 4.31 Å². The number of hydrogen-bond donors (Lipinski definition) is 1. The standard InChI is InChI=1S/C21H26N4O4S/c1-30(27,28)25-7-5-17(6-8-25)19-14-20(24-9-11-29-12-10-24)23-21(22-19)18-4-2-3-16(13-18)15-26/h2-5,13-14,26H,6-12,15H2,1H3. The highest BCUT2D eigenvalue weighted by Crippen LogP contribution is 2.28. The summed E-state index contributed by atoms with van der Waals surface area (Å²) < 4.78 is 30.6. The highest BCUT2D eigenvalue weighted by atomic mass is 32.2. The van der Waals surface area contributed by atoms with Crippen molar-refractivity contribution in [3.63, 3.8) is 0 Å². The second kappa shape index (κ2) is 8.81. The Balaban J connectivity index is 1.73. The number of aliphatic hydroxyl groups excluding tert-OH is 1. The average Bonchev–Trinajstić information content (AvgIpc) is 2.79. The van der Waals surface area contributed by atoms with Crippen molar-refractivity contribution >= 4 is 21.4 Å². The Morgan fingerprint density at radius 1 is 1.13 bits per heavy atom. The molecule has 0 spiro atoms. The van der Waals surface area contributed by atoms with Crippen LogP contribution >= 0.6 is 0 Å². The molecule has 1 aromatic carbocycles. The third kappa shape index (κ3) is 4.70. The SMILES string of the molecule is CS(=O)(=O)N1CC=C(c2cc(N3CCOCC3)nc(-c3cccc(CO)c3)n2)CC1. The van der Waals surface area contributed by atoms with Gasteiger partial charge in [0.15, 0.2) is 5.82 Å². The molecule has 0 radical (unpaired) electrons. The number of morpholine rings is 1. The molecule has 3 heterocycles. The third-order valence-electron chi connectivity index (χ3n) is 5.39. The van der Waals surface area contributed by atoms with Crippen molar-refractivity contribution in [2.24, 2.45) is 0 Å². The summed E-state index contributed by atoms with van der Waals surface area (Å²) in [7, 11) is -3.21. The number of rotatable bonds is 5. The molecule has 0 aliphatic carbocycles. The minimum absolute atomic E-state index is 0.0453. The van der Waals surface area contributed by atoms with Gasteiger partial charge in [0.25, 0.3) is 0 Å². The molecule has 1 N–H and O–H groups in total. The predicted molar refractivity (Wildman–Crippen MR) is 115 cm³/mol. The zero-order valence-electron chi connectivity index (χ0n) is 17.0. The molecule has 0 atom stereocenters. The van der Waals surface area contributed by atoms with E-state index in [1.807, 2.05) is 36.4 Å². The van der Waals surface area contributed by atoms with E-state index in [-0.39, 0.29) is 6.61 Å². The molecule has 4 rings (SSSR count). The lowest BCUT2D eigenvalue weighted by Gasteiger charge is -2.29. The van der Waals surface area contributed by atoms with Gasteiger partial charge in [0.1, 0.15) is 5.82 Å². The molecule has 1 aromatic heterocycles. The molecular formula is C21H26N4O4S. The van der Waals surface area contributed by atoms with E-state index in [4.69, 9.17) is 14.7 Å². The quantitative estimate of drug-likeness (QED) is 0.768. The van der Waals surface area contributed by atoms with Gasteiger partial charge < -0.3 is 14.7 Å². The number of anilines is 1. The maximum absolute atomic E-state index is 11.8. The van der Waals surface area contributed by atoms with Crippen molar-refractivity contribution in [3.8, 4) is 11.4 Å². The van der Waals surface area contributed by atoms with E-state index in [9.17, 15) is 13.5 Å². The van der Waals surface area contributed by atoms with E-state index < -0.39 is 10.0 Å². The Kier molecular flexibility index (Phi) is 6.14. The normalized spacial score (nSPS) is 18.3. The van der Waals surface area contributed by atoms with Crippen molar-refractivity contribution in [3.05, 3.63) is 47.7 Å². The Morgan fingerprint density at radius 2 is 1.93 bits per heavy atom. The Hall–Kier alpha value is -2.33. The summed E-state index contributed by atoms with van der Waals surface area (Å²) in [5, 5.41) is 9.49. The molecule has 1 fully saturated rings. The molecule has 2 aromatic rings. The zero-order valence-corrected chi connectivity index (χ0v) is 17.8. The first-order chi connectivity index (χ1) is 14.4. The molecule has 0 amide bonds. The predicted octanol–water partition coefficient (Wildman–Crippen LogP) is 1.52. The zero-order chi connectivity index (χ0) is 21.1. The summed E-state index contributed by atoms with van der Waals surface area (Å²) in [5.74, 6) is 1.43. The van der Waals surface area contributed by atoms with Crippen LogP contribution < -0.4 is 4.90 Å². The number of aliphatic hydroxyl groups is 1. The van der Waals surface area contributed by atoms with Crippen molar-refractivity contribution in [2.45, 2.75) is 13.0 Å². The lowest BCUT2D eigenvalue weighted by Crippen LogP contribution is -2.37. The van der Waals surface area contributed by atoms with Gasteiger partial charge in [-0.3, -0.25) is 0 Å². The van der Waals surface area contributed by atoms with Crippen LogP contribution in [0.3, 0.4) is 0 Å². The van der Waals surface area contributed by atoms with E-state index in [0.717, 1.165) is 41.3 Å². The van der Waals surface area contributed by atoms with E-state index in [1.165, 1.54) is 10.6 Å². The number of aromatic nitrogens is 2. The molecule has 9 heteroatoms. The van der Waals surface area contributed by atoms with Gasteiger partial charge in [0.2, 0.25) is 10.0 Å². The average molecular weight is 431 g/mol. The van der Waals surface area contributed by atoms with Crippen molar-refractivity contribution in [1.82, 2.24) is 14.3 Å². The highest BCUT2D eigenvalue weighted by Gasteiger charge is 2.23. The second-order valence-corrected chi connectivity index (χ2v) is 9.48. The van der Waals surface area contributed by atoms with Gasteiger partial charge in [0, 0.05) is 37.8 Å². The molecule has 2 aliphatic heterocycles. The maximum Gasteiger partial charge on any atom is 0.211 e. The van der Waals surface area contributed by atoms with Crippen molar-refractivity contribution < 1.29 is 18.3 Å². The summed E-state index contributed by atoms with van der Waals surface area (Å²) >= 11 is 0. The number of sulfonamides is 1. The Morgan fingerprint density at radius 3 is 2.60 bits per heavy atom. The lowest BCUT2D eigenvalue weighted by atomic mass is 10.0. The van der Waals surface area contributed by atoms with Crippen LogP contribution in [-0.2, 0) is 21.4 Å². The van der Waals surface area contributed by atoms with Crippen LogP contribution in [0.1, 0.15) is 17.7 Å². The molecule has 8 nitrogen and oxygen atoms in total. The van der Waals surface area contributed by atoms with Gasteiger partial charge >= 0.3 is 0 Å². The molecule has 2 aliphatic rings. The summed E-state index contributed by atoms with van der Waals surface area (Å²) in [5.41, 5.74) is 3.47. The summed E-state index contributed by atoms with van der Waals surface area (Å²) in [4.78, 5) is 11.8. The first-order valence-corrected chi connectivity index (χ1v) is 11.9. The molecule has 1 saturated heterocycles. The van der Waals surface area contributed by atoms with Crippen LogP contribution in [0.25, 0.3) is 17.0 Å². The monoisotopic (exact) mass is 430 g/mol. The van der Waals surface area contributed by atoms with Gasteiger partial charge in [0.05, 0.1) is 31.8 Å². The summed E-state index contributed by atoms with van der Waals surface area (Å²) in [6, 6.07) is 9.55. The molecule has 160 valence electrons. The minimum atomic E-state index is -3.21.